The normalized spacial score (nSPS) is 13.0. The van der Waals surface area contributed by atoms with Crippen molar-refractivity contribution in [1.29, 1.82) is 0 Å². The van der Waals surface area contributed by atoms with Crippen molar-refractivity contribution in [1.82, 2.24) is 0 Å². The molecule has 0 bridgehead atoms. The third-order valence-electron chi connectivity index (χ3n) is 5.14. The van der Waals surface area contributed by atoms with Gasteiger partial charge in [-0.2, -0.15) is 0 Å². The van der Waals surface area contributed by atoms with Gasteiger partial charge in [-0.15, -0.1) is 0 Å². The number of benzene rings is 2. The second-order valence-corrected chi connectivity index (χ2v) is 7.88. The van der Waals surface area contributed by atoms with Crippen LogP contribution in [0.1, 0.15) is 71.0 Å². The molecule has 0 atom stereocenters. The number of rotatable bonds is 6. The molecule has 0 fully saturated rings. The van der Waals surface area contributed by atoms with Crippen LogP contribution in [0.25, 0.3) is 0 Å². The Hall–Kier alpha value is -3.34. The first-order chi connectivity index (χ1) is 14.2. The van der Waals surface area contributed by atoms with Gasteiger partial charge in [-0.3, -0.25) is 9.59 Å². The molecule has 5 heteroatoms. The van der Waals surface area contributed by atoms with Gasteiger partial charge >= 0.3 is 0 Å². The molecule has 0 amide bonds. The summed E-state index contributed by atoms with van der Waals surface area (Å²) in [6, 6.07) is 6.29. The van der Waals surface area contributed by atoms with E-state index in [9.17, 15) is 19.8 Å². The summed E-state index contributed by atoms with van der Waals surface area (Å²) in [7, 11) is 0. The van der Waals surface area contributed by atoms with E-state index in [0.29, 0.717) is 5.56 Å². The molecule has 1 aliphatic carbocycles. The Morgan fingerprint density at radius 2 is 1.67 bits per heavy atom. The van der Waals surface area contributed by atoms with E-state index in [-0.39, 0.29) is 34.8 Å². The van der Waals surface area contributed by atoms with Crippen LogP contribution in [-0.2, 0) is 0 Å². The molecule has 0 unspecified atom stereocenters. The Morgan fingerprint density at radius 3 is 2.37 bits per heavy atom. The summed E-state index contributed by atoms with van der Waals surface area (Å²) < 4.78 is 5.61. The van der Waals surface area contributed by atoms with E-state index < -0.39 is 17.3 Å². The molecule has 2 aromatic carbocycles. The largest absolute Gasteiger partial charge is 0.504 e. The van der Waals surface area contributed by atoms with E-state index >= 15 is 0 Å². The molecule has 30 heavy (non-hydrogen) atoms. The van der Waals surface area contributed by atoms with Gasteiger partial charge in [0.2, 0.25) is 5.75 Å². The number of aryl methyl sites for hydroxylation is 1. The molecule has 0 spiro atoms. The van der Waals surface area contributed by atoms with Crippen LogP contribution in [0.4, 0.5) is 0 Å². The second-order valence-electron chi connectivity index (χ2n) is 7.88. The molecule has 0 radical (unpaired) electrons. The van der Waals surface area contributed by atoms with Crippen molar-refractivity contribution < 1.29 is 24.5 Å². The van der Waals surface area contributed by atoms with Crippen LogP contribution in [-0.4, -0.2) is 28.4 Å². The molecular formula is C25H26O5. The highest BCUT2D eigenvalue weighted by molar-refractivity contribution is 6.29. The van der Waals surface area contributed by atoms with Crippen molar-refractivity contribution in [3.63, 3.8) is 0 Å². The minimum Gasteiger partial charge on any atom is -0.504 e. The topological polar surface area (TPSA) is 83.8 Å². The van der Waals surface area contributed by atoms with Crippen molar-refractivity contribution in [2.75, 3.05) is 6.61 Å². The molecule has 5 nitrogen and oxygen atoms in total. The van der Waals surface area contributed by atoms with Gasteiger partial charge in [0.1, 0.15) is 6.61 Å². The van der Waals surface area contributed by atoms with Gasteiger partial charge in [-0.05, 0) is 58.7 Å². The lowest BCUT2D eigenvalue weighted by atomic mass is 9.82. The first-order valence-electron chi connectivity index (χ1n) is 9.91. The smallest absolute Gasteiger partial charge is 0.201 e. The summed E-state index contributed by atoms with van der Waals surface area (Å²) in [6.45, 7) is 8.11. The zero-order valence-electron chi connectivity index (χ0n) is 17.7. The van der Waals surface area contributed by atoms with Gasteiger partial charge in [-0.25, -0.2) is 0 Å². The lowest BCUT2D eigenvalue weighted by Crippen LogP contribution is -2.21. The fourth-order valence-corrected chi connectivity index (χ4v) is 3.44. The maximum atomic E-state index is 13.0. The van der Waals surface area contributed by atoms with Crippen LogP contribution < -0.4 is 4.74 Å². The molecule has 0 aromatic heterocycles. The number of allylic oxidation sites excluding steroid dienone is 3. The zero-order chi connectivity index (χ0) is 22.0. The lowest BCUT2D eigenvalue weighted by molar-refractivity contribution is 0.0975. The summed E-state index contributed by atoms with van der Waals surface area (Å²) >= 11 is 0. The Kier molecular flexibility index (Phi) is 6.11. The quantitative estimate of drug-likeness (QED) is 0.431. The second kappa shape index (κ2) is 8.57. The highest BCUT2D eigenvalue weighted by atomic mass is 16.5. The van der Waals surface area contributed by atoms with Crippen molar-refractivity contribution in [2.24, 2.45) is 0 Å². The number of hydrogen-bond donors (Lipinski definition) is 2. The zero-order valence-corrected chi connectivity index (χ0v) is 17.7. The molecule has 0 saturated carbocycles. The number of phenols is 2. The molecule has 2 N–H and O–H groups in total. The molecule has 1 aliphatic rings. The minimum atomic E-state index is -0.628. The van der Waals surface area contributed by atoms with Gasteiger partial charge in [0, 0.05) is 16.7 Å². The summed E-state index contributed by atoms with van der Waals surface area (Å²) in [5.74, 6) is -2.07. The third-order valence-corrected chi connectivity index (χ3v) is 5.14. The first-order valence-corrected chi connectivity index (χ1v) is 9.91. The van der Waals surface area contributed by atoms with Crippen molar-refractivity contribution in [3.05, 3.63) is 75.4 Å². The van der Waals surface area contributed by atoms with Crippen molar-refractivity contribution in [2.45, 2.75) is 40.5 Å². The Balaban J connectivity index is 1.87. The minimum absolute atomic E-state index is 0.0307. The average molecular weight is 406 g/mol. The fourth-order valence-electron chi connectivity index (χ4n) is 3.44. The lowest BCUT2D eigenvalue weighted by Gasteiger charge is -2.20. The van der Waals surface area contributed by atoms with Gasteiger partial charge in [0.15, 0.2) is 23.1 Å². The summed E-state index contributed by atoms with van der Waals surface area (Å²) in [6.07, 6.45) is 5.87. The van der Waals surface area contributed by atoms with Crippen molar-refractivity contribution >= 4 is 11.6 Å². The van der Waals surface area contributed by atoms with Gasteiger partial charge in [0.05, 0.1) is 5.56 Å². The van der Waals surface area contributed by atoms with E-state index in [0.717, 1.165) is 24.0 Å². The highest BCUT2D eigenvalue weighted by Crippen LogP contribution is 2.44. The predicted octanol–water partition coefficient (Wildman–Crippen LogP) is 5.25. The van der Waals surface area contributed by atoms with E-state index in [4.69, 9.17) is 4.74 Å². The number of carbonyl (C=O) groups is 2. The fraction of sp³-hybridized carbons (Fsp3) is 0.280. The van der Waals surface area contributed by atoms with Crippen LogP contribution >= 0.6 is 0 Å². The summed E-state index contributed by atoms with van der Waals surface area (Å²) in [5, 5.41) is 20.8. The molecule has 0 saturated heterocycles. The molecule has 0 aliphatic heterocycles. The number of ketones is 2. The van der Waals surface area contributed by atoms with E-state index in [1.807, 2.05) is 19.9 Å². The molecule has 156 valence electrons. The third kappa shape index (κ3) is 4.15. The number of aromatic hydroxyl groups is 2. The van der Waals surface area contributed by atoms with E-state index in [1.165, 1.54) is 11.6 Å². The number of ether oxygens (including phenoxy) is 1. The maximum Gasteiger partial charge on any atom is 0.201 e. The molecule has 0 heterocycles. The van der Waals surface area contributed by atoms with Crippen LogP contribution in [0.5, 0.6) is 17.2 Å². The van der Waals surface area contributed by atoms with Crippen molar-refractivity contribution in [3.8, 4) is 17.2 Å². The predicted molar refractivity (Wildman–Crippen MR) is 116 cm³/mol. The van der Waals surface area contributed by atoms with Gasteiger partial charge in [-0.1, -0.05) is 34.9 Å². The highest BCUT2D eigenvalue weighted by Gasteiger charge is 2.34. The molecule has 3 rings (SSSR count). The SMILES string of the molecule is CC(C)=CCC/C(C)=C/COc1cc2c(c(O)c1O)C(=O)c1ccc(C)cc1C2=O. The van der Waals surface area contributed by atoms with Gasteiger partial charge < -0.3 is 14.9 Å². The number of phenolic OH excluding ortho intramolecular Hbond substituents is 2. The Morgan fingerprint density at radius 1 is 0.933 bits per heavy atom. The number of hydrogen-bond acceptors (Lipinski definition) is 5. The van der Waals surface area contributed by atoms with Crippen LogP contribution in [0.3, 0.4) is 0 Å². The monoisotopic (exact) mass is 406 g/mol. The van der Waals surface area contributed by atoms with E-state index in [1.54, 1.807) is 18.2 Å². The summed E-state index contributed by atoms with van der Waals surface area (Å²) in [5.41, 5.74) is 3.61. The number of fused-ring (bicyclic) bond motifs is 2. The van der Waals surface area contributed by atoms with Crippen LogP contribution in [0.2, 0.25) is 0 Å². The van der Waals surface area contributed by atoms with Crippen LogP contribution in [0, 0.1) is 6.92 Å². The standard InChI is InChI=1S/C25H26O5/c1-14(2)6-5-7-15(3)10-11-30-20-13-19-21(25(29)24(20)28)23(27)17-9-8-16(4)12-18(17)22(19)26/h6,8-10,12-13,28-29H,5,7,11H2,1-4H3/b15-10+. The van der Waals surface area contributed by atoms with E-state index in [2.05, 4.69) is 19.9 Å². The Labute approximate surface area is 176 Å². The molecular weight excluding hydrogens is 380 g/mol. The van der Waals surface area contributed by atoms with Crippen LogP contribution in [0.15, 0.2) is 47.6 Å². The first kappa shape index (κ1) is 21.4. The average Bonchev–Trinajstić information content (AvgIpc) is 2.68. The Bertz CT molecular complexity index is 1090. The molecule has 2 aromatic rings. The summed E-state index contributed by atoms with van der Waals surface area (Å²) in [4.78, 5) is 25.8. The number of carbonyl (C=O) groups excluding carboxylic acids is 2. The maximum absolute atomic E-state index is 13.0. The van der Waals surface area contributed by atoms with Gasteiger partial charge in [0.25, 0.3) is 0 Å².